The summed E-state index contributed by atoms with van der Waals surface area (Å²) in [4.78, 5) is 2.28. The van der Waals surface area contributed by atoms with E-state index in [4.69, 9.17) is 9.47 Å². The fourth-order valence-corrected chi connectivity index (χ4v) is 1.81. The van der Waals surface area contributed by atoms with Crippen molar-refractivity contribution in [3.05, 3.63) is 0 Å². The van der Waals surface area contributed by atoms with Gasteiger partial charge < -0.3 is 19.5 Å². The minimum Gasteiger partial charge on any atom is -0.389 e. The monoisotopic (exact) mass is 261 g/mol. The molecule has 0 aliphatic rings. The number of aliphatic hydroxyl groups excluding tert-OH is 1. The van der Waals surface area contributed by atoms with Gasteiger partial charge in [-0.2, -0.15) is 0 Å². The molecule has 0 fully saturated rings. The average Bonchev–Trinajstić information content (AvgIpc) is 2.35. The Hall–Kier alpha value is -0.160. The van der Waals surface area contributed by atoms with Gasteiger partial charge in [0.25, 0.3) is 0 Å². The molecule has 0 saturated heterocycles. The molecule has 110 valence electrons. The molecule has 0 aromatic rings. The topological polar surface area (TPSA) is 41.9 Å². The average molecular weight is 261 g/mol. The second kappa shape index (κ2) is 10.7. The zero-order chi connectivity index (χ0) is 14.0. The van der Waals surface area contributed by atoms with Gasteiger partial charge in [-0.05, 0) is 19.4 Å². The Bertz CT molecular complexity index is 190. The zero-order valence-corrected chi connectivity index (χ0v) is 12.7. The molecule has 0 aromatic carbocycles. The van der Waals surface area contributed by atoms with Crippen LogP contribution in [-0.2, 0) is 9.47 Å². The van der Waals surface area contributed by atoms with E-state index >= 15 is 0 Å². The van der Waals surface area contributed by atoms with Crippen molar-refractivity contribution in [3.8, 4) is 0 Å². The van der Waals surface area contributed by atoms with E-state index in [9.17, 15) is 5.11 Å². The quantitative estimate of drug-likeness (QED) is 0.615. The molecule has 4 heteroatoms. The molecule has 0 bridgehead atoms. The largest absolute Gasteiger partial charge is 0.389 e. The third kappa shape index (κ3) is 8.86. The van der Waals surface area contributed by atoms with E-state index in [0.717, 1.165) is 13.1 Å². The van der Waals surface area contributed by atoms with Crippen LogP contribution in [-0.4, -0.2) is 62.2 Å². The van der Waals surface area contributed by atoms with Crippen molar-refractivity contribution in [1.82, 2.24) is 4.90 Å². The van der Waals surface area contributed by atoms with Crippen molar-refractivity contribution >= 4 is 0 Å². The Morgan fingerprint density at radius 1 is 1.11 bits per heavy atom. The van der Waals surface area contributed by atoms with E-state index in [2.05, 4.69) is 25.7 Å². The number of methoxy groups -OCH3 is 1. The van der Waals surface area contributed by atoms with Crippen molar-refractivity contribution in [3.63, 3.8) is 0 Å². The number of ether oxygens (including phenoxy) is 2. The van der Waals surface area contributed by atoms with E-state index in [1.54, 1.807) is 7.11 Å². The summed E-state index contributed by atoms with van der Waals surface area (Å²) >= 11 is 0. The molecule has 0 amide bonds. The van der Waals surface area contributed by atoms with Gasteiger partial charge in [0.2, 0.25) is 0 Å². The molecule has 0 aromatic heterocycles. The Labute approximate surface area is 112 Å². The van der Waals surface area contributed by atoms with Crippen LogP contribution >= 0.6 is 0 Å². The smallest absolute Gasteiger partial charge is 0.0900 e. The fourth-order valence-electron chi connectivity index (χ4n) is 1.81. The highest BCUT2D eigenvalue weighted by atomic mass is 16.5. The van der Waals surface area contributed by atoms with Gasteiger partial charge in [-0.15, -0.1) is 0 Å². The maximum Gasteiger partial charge on any atom is 0.0900 e. The highest BCUT2D eigenvalue weighted by molar-refractivity contribution is 4.66. The van der Waals surface area contributed by atoms with Crippen LogP contribution in [0.5, 0.6) is 0 Å². The lowest BCUT2D eigenvalue weighted by Gasteiger charge is -2.26. The maximum atomic E-state index is 9.95. The molecular weight excluding hydrogens is 230 g/mol. The molecule has 3 atom stereocenters. The number of hydrogen-bond acceptors (Lipinski definition) is 4. The lowest BCUT2D eigenvalue weighted by molar-refractivity contribution is -0.0401. The molecule has 18 heavy (non-hydrogen) atoms. The number of likely N-dealkylation sites (N-methyl/N-ethyl adjacent to an activating group) is 1. The van der Waals surface area contributed by atoms with Crippen LogP contribution < -0.4 is 0 Å². The summed E-state index contributed by atoms with van der Waals surface area (Å²) in [5.74, 6) is 0.672. The molecule has 3 unspecified atom stereocenters. The van der Waals surface area contributed by atoms with Crippen molar-refractivity contribution in [1.29, 1.82) is 0 Å². The second-order valence-corrected chi connectivity index (χ2v) is 5.12. The van der Waals surface area contributed by atoms with Crippen molar-refractivity contribution in [2.45, 2.75) is 46.3 Å². The van der Waals surface area contributed by atoms with Crippen molar-refractivity contribution < 1.29 is 14.6 Å². The molecule has 0 aliphatic carbocycles. The van der Waals surface area contributed by atoms with E-state index in [0.29, 0.717) is 25.7 Å². The first kappa shape index (κ1) is 17.8. The van der Waals surface area contributed by atoms with Gasteiger partial charge in [0.1, 0.15) is 0 Å². The fraction of sp³-hybridized carbons (Fsp3) is 1.00. The Morgan fingerprint density at radius 2 is 1.78 bits per heavy atom. The molecule has 0 radical (unpaired) electrons. The Kier molecular flexibility index (Phi) is 10.6. The maximum absolute atomic E-state index is 9.95. The highest BCUT2D eigenvalue weighted by Gasteiger charge is 2.14. The van der Waals surface area contributed by atoms with Crippen LogP contribution in [0, 0.1) is 5.92 Å². The van der Waals surface area contributed by atoms with Gasteiger partial charge >= 0.3 is 0 Å². The number of rotatable bonds is 11. The van der Waals surface area contributed by atoms with E-state index in [1.807, 2.05) is 6.92 Å². The second-order valence-electron chi connectivity index (χ2n) is 5.12. The summed E-state index contributed by atoms with van der Waals surface area (Å²) in [5.41, 5.74) is 0. The third-order valence-corrected chi connectivity index (χ3v) is 3.16. The number of hydrogen-bond donors (Lipinski definition) is 1. The summed E-state index contributed by atoms with van der Waals surface area (Å²) in [7, 11) is 1.65. The first-order valence-corrected chi connectivity index (χ1v) is 7.04. The van der Waals surface area contributed by atoms with E-state index in [1.165, 1.54) is 6.42 Å². The predicted octanol–water partition coefficient (Wildman–Crippen LogP) is 1.77. The van der Waals surface area contributed by atoms with Gasteiger partial charge in [-0.25, -0.2) is 0 Å². The van der Waals surface area contributed by atoms with Gasteiger partial charge in [0, 0.05) is 20.2 Å². The molecule has 0 saturated carbocycles. The molecule has 4 nitrogen and oxygen atoms in total. The van der Waals surface area contributed by atoms with E-state index in [-0.39, 0.29) is 6.10 Å². The molecule has 1 N–H and O–H groups in total. The summed E-state index contributed by atoms with van der Waals surface area (Å²) < 4.78 is 10.5. The lowest BCUT2D eigenvalue weighted by atomic mass is 10.1. The SMILES string of the molecule is CCC(C)CN(CC)CC(O)COC(C)COC. The summed E-state index contributed by atoms with van der Waals surface area (Å²) in [5, 5.41) is 9.95. The van der Waals surface area contributed by atoms with Gasteiger partial charge in [-0.1, -0.05) is 27.2 Å². The van der Waals surface area contributed by atoms with Crippen LogP contribution in [0.4, 0.5) is 0 Å². The Balaban J connectivity index is 3.85. The normalized spacial score (nSPS) is 16.8. The predicted molar refractivity (Wildman–Crippen MR) is 74.9 cm³/mol. The van der Waals surface area contributed by atoms with Crippen LogP contribution in [0.3, 0.4) is 0 Å². The molecular formula is C14H31NO3. The molecule has 0 heterocycles. The lowest BCUT2D eigenvalue weighted by Crippen LogP contribution is -2.38. The molecule has 0 spiro atoms. The first-order valence-electron chi connectivity index (χ1n) is 7.04. The number of nitrogens with zero attached hydrogens (tertiary/aromatic N) is 1. The van der Waals surface area contributed by atoms with Gasteiger partial charge in [0.15, 0.2) is 0 Å². The highest BCUT2D eigenvalue weighted by Crippen LogP contribution is 2.05. The first-order chi connectivity index (χ1) is 8.53. The summed E-state index contributed by atoms with van der Waals surface area (Å²) in [6, 6.07) is 0. The van der Waals surface area contributed by atoms with Crippen LogP contribution in [0.15, 0.2) is 0 Å². The van der Waals surface area contributed by atoms with E-state index < -0.39 is 6.10 Å². The third-order valence-electron chi connectivity index (χ3n) is 3.16. The van der Waals surface area contributed by atoms with Gasteiger partial charge in [-0.3, -0.25) is 0 Å². The minimum atomic E-state index is -0.423. The summed E-state index contributed by atoms with van der Waals surface area (Å²) in [6.45, 7) is 12.2. The minimum absolute atomic E-state index is 0.0364. The Morgan fingerprint density at radius 3 is 2.28 bits per heavy atom. The summed E-state index contributed by atoms with van der Waals surface area (Å²) in [6.07, 6.45) is 0.788. The van der Waals surface area contributed by atoms with Crippen LogP contribution in [0.2, 0.25) is 0 Å². The number of aliphatic hydroxyl groups is 1. The van der Waals surface area contributed by atoms with Crippen LogP contribution in [0.1, 0.15) is 34.1 Å². The molecule has 0 rings (SSSR count). The van der Waals surface area contributed by atoms with Gasteiger partial charge in [0.05, 0.1) is 25.4 Å². The standard InChI is InChI=1S/C14H31NO3/c1-6-12(3)8-15(7-2)9-14(16)11-18-13(4)10-17-5/h12-14,16H,6-11H2,1-5H3. The molecule has 0 aliphatic heterocycles. The zero-order valence-electron chi connectivity index (χ0n) is 12.7. The van der Waals surface area contributed by atoms with Crippen molar-refractivity contribution in [2.75, 3.05) is 40.0 Å². The van der Waals surface area contributed by atoms with Crippen molar-refractivity contribution in [2.24, 2.45) is 5.92 Å². The van der Waals surface area contributed by atoms with Crippen LogP contribution in [0.25, 0.3) is 0 Å².